The minimum Gasteiger partial charge on any atom is -0.342 e. The minimum absolute atomic E-state index is 0.0324. The summed E-state index contributed by atoms with van der Waals surface area (Å²) in [4.78, 5) is 29.0. The highest BCUT2D eigenvalue weighted by Crippen LogP contribution is 2.20. The van der Waals surface area contributed by atoms with Crippen molar-refractivity contribution < 1.29 is 14.0 Å². The molecule has 3 heterocycles. The molecular formula is C20H24FN5O2. The highest BCUT2D eigenvalue weighted by molar-refractivity contribution is 5.97. The van der Waals surface area contributed by atoms with Crippen LogP contribution in [-0.2, 0) is 16.1 Å². The van der Waals surface area contributed by atoms with E-state index in [1.165, 1.54) is 12.1 Å². The number of amides is 2. The number of hydrogen-bond acceptors (Lipinski definition) is 4. The topological polar surface area (TPSA) is 70.5 Å². The lowest BCUT2D eigenvalue weighted by Gasteiger charge is -2.45. The van der Waals surface area contributed by atoms with Crippen molar-refractivity contribution in [2.24, 2.45) is 0 Å². The van der Waals surface area contributed by atoms with Gasteiger partial charge in [-0.05, 0) is 24.6 Å². The standard InChI is InChI=1S/C20H24FN5O2/c1-2-4-17-20(28)25-8-7-24(13-18(25)19(27)23-17)11-14-10-22-26(12-14)16-6-3-5-15(21)9-16/h3,5-6,9-10,12,17-18H,2,4,7-8,11,13H2,1H3,(H,23,27)/t17-,18+/m0/s1. The molecule has 7 nitrogen and oxygen atoms in total. The van der Waals surface area contributed by atoms with Crippen molar-refractivity contribution >= 4 is 11.8 Å². The predicted molar refractivity (Wildman–Crippen MR) is 101 cm³/mol. The maximum absolute atomic E-state index is 13.4. The third kappa shape index (κ3) is 3.64. The average molecular weight is 385 g/mol. The molecule has 4 rings (SSSR count). The average Bonchev–Trinajstić information content (AvgIpc) is 3.15. The fraction of sp³-hybridized carbons (Fsp3) is 0.450. The van der Waals surface area contributed by atoms with Gasteiger partial charge in [0.1, 0.15) is 17.9 Å². The SMILES string of the molecule is CCC[C@@H]1NC(=O)[C@H]2CN(Cc3cnn(-c4cccc(F)c4)c3)CCN2C1=O. The van der Waals surface area contributed by atoms with Gasteiger partial charge in [0, 0.05) is 37.9 Å². The first-order valence-electron chi connectivity index (χ1n) is 9.68. The fourth-order valence-electron chi connectivity index (χ4n) is 3.95. The Hall–Kier alpha value is -2.74. The Morgan fingerprint density at radius 2 is 2.14 bits per heavy atom. The molecule has 0 saturated carbocycles. The molecule has 2 saturated heterocycles. The zero-order chi connectivity index (χ0) is 19.7. The van der Waals surface area contributed by atoms with Gasteiger partial charge in [0.05, 0.1) is 11.9 Å². The summed E-state index contributed by atoms with van der Waals surface area (Å²) in [5.41, 5.74) is 1.64. The van der Waals surface area contributed by atoms with E-state index in [0.29, 0.717) is 38.3 Å². The van der Waals surface area contributed by atoms with Gasteiger partial charge < -0.3 is 10.2 Å². The molecule has 2 amide bonds. The Balaban J connectivity index is 1.42. The van der Waals surface area contributed by atoms with Crippen molar-refractivity contribution in [3.63, 3.8) is 0 Å². The van der Waals surface area contributed by atoms with Crippen LogP contribution in [0.1, 0.15) is 25.3 Å². The first-order valence-corrected chi connectivity index (χ1v) is 9.68. The molecule has 2 atom stereocenters. The molecular weight excluding hydrogens is 361 g/mol. The van der Waals surface area contributed by atoms with Crippen molar-refractivity contribution in [3.8, 4) is 5.69 Å². The van der Waals surface area contributed by atoms with Crippen LogP contribution in [-0.4, -0.2) is 63.1 Å². The van der Waals surface area contributed by atoms with Crippen molar-refractivity contribution in [1.82, 2.24) is 24.9 Å². The monoisotopic (exact) mass is 385 g/mol. The largest absolute Gasteiger partial charge is 0.342 e. The van der Waals surface area contributed by atoms with E-state index in [0.717, 1.165) is 12.0 Å². The Labute approximate surface area is 163 Å². The van der Waals surface area contributed by atoms with E-state index < -0.39 is 6.04 Å². The first-order chi connectivity index (χ1) is 13.5. The number of fused-ring (bicyclic) bond motifs is 1. The van der Waals surface area contributed by atoms with Crippen LogP contribution < -0.4 is 5.32 Å². The molecule has 0 bridgehead atoms. The number of benzene rings is 1. The summed E-state index contributed by atoms with van der Waals surface area (Å²) in [6.45, 7) is 4.39. The van der Waals surface area contributed by atoms with Gasteiger partial charge in [0.15, 0.2) is 0 Å². The van der Waals surface area contributed by atoms with E-state index in [9.17, 15) is 14.0 Å². The number of piperazine rings is 2. The van der Waals surface area contributed by atoms with Gasteiger partial charge in [-0.1, -0.05) is 19.4 Å². The number of carbonyl (C=O) groups is 2. The van der Waals surface area contributed by atoms with E-state index in [1.807, 2.05) is 13.1 Å². The Bertz CT molecular complexity index is 883. The molecule has 2 aliphatic heterocycles. The molecule has 28 heavy (non-hydrogen) atoms. The summed E-state index contributed by atoms with van der Waals surface area (Å²) in [7, 11) is 0. The summed E-state index contributed by atoms with van der Waals surface area (Å²) in [6, 6.07) is 5.45. The molecule has 2 aromatic rings. The Kier molecular flexibility index (Phi) is 5.13. The lowest BCUT2D eigenvalue weighted by atomic mass is 10.0. The molecule has 2 aliphatic rings. The van der Waals surface area contributed by atoms with E-state index in [-0.39, 0.29) is 23.7 Å². The van der Waals surface area contributed by atoms with Gasteiger partial charge in [-0.25, -0.2) is 9.07 Å². The van der Waals surface area contributed by atoms with Crippen LogP contribution in [0.2, 0.25) is 0 Å². The second-order valence-corrected chi connectivity index (χ2v) is 7.41. The van der Waals surface area contributed by atoms with Crippen LogP contribution in [0, 0.1) is 5.82 Å². The van der Waals surface area contributed by atoms with Gasteiger partial charge in [-0.2, -0.15) is 5.10 Å². The quantitative estimate of drug-likeness (QED) is 0.843. The van der Waals surface area contributed by atoms with E-state index in [4.69, 9.17) is 0 Å². The van der Waals surface area contributed by atoms with E-state index >= 15 is 0 Å². The lowest BCUT2D eigenvalue weighted by Crippen LogP contribution is -2.69. The molecule has 148 valence electrons. The number of aromatic nitrogens is 2. The predicted octanol–water partition coefficient (Wildman–Crippen LogP) is 1.32. The molecule has 1 aromatic heterocycles. The maximum atomic E-state index is 13.4. The van der Waals surface area contributed by atoms with Crippen molar-refractivity contribution in [2.75, 3.05) is 19.6 Å². The fourth-order valence-corrected chi connectivity index (χ4v) is 3.95. The summed E-state index contributed by atoms with van der Waals surface area (Å²) >= 11 is 0. The highest BCUT2D eigenvalue weighted by atomic mass is 19.1. The van der Waals surface area contributed by atoms with Gasteiger partial charge >= 0.3 is 0 Å². The van der Waals surface area contributed by atoms with E-state index in [2.05, 4.69) is 15.3 Å². The van der Waals surface area contributed by atoms with Crippen molar-refractivity contribution in [2.45, 2.75) is 38.4 Å². The zero-order valence-corrected chi connectivity index (χ0v) is 15.8. The summed E-state index contributed by atoms with van der Waals surface area (Å²) in [5.74, 6) is -0.344. The normalized spacial score (nSPS) is 22.9. The van der Waals surface area contributed by atoms with Gasteiger partial charge in [0.2, 0.25) is 11.8 Å². The number of nitrogens with zero attached hydrogens (tertiary/aromatic N) is 4. The molecule has 0 aliphatic carbocycles. The lowest BCUT2D eigenvalue weighted by molar-refractivity contribution is -0.153. The third-order valence-electron chi connectivity index (χ3n) is 5.36. The molecule has 1 N–H and O–H groups in total. The Morgan fingerprint density at radius 3 is 2.93 bits per heavy atom. The molecule has 0 radical (unpaired) electrons. The maximum Gasteiger partial charge on any atom is 0.245 e. The number of hydrogen-bond donors (Lipinski definition) is 1. The van der Waals surface area contributed by atoms with Crippen LogP contribution in [0.25, 0.3) is 5.69 Å². The van der Waals surface area contributed by atoms with Crippen molar-refractivity contribution in [3.05, 3.63) is 48.0 Å². The number of carbonyl (C=O) groups excluding carboxylic acids is 2. The summed E-state index contributed by atoms with van der Waals surface area (Å²) in [6.07, 6.45) is 5.15. The summed E-state index contributed by atoms with van der Waals surface area (Å²) < 4.78 is 15.1. The van der Waals surface area contributed by atoms with Crippen LogP contribution in [0.15, 0.2) is 36.7 Å². The number of nitrogens with one attached hydrogen (secondary N) is 1. The van der Waals surface area contributed by atoms with Crippen LogP contribution in [0.5, 0.6) is 0 Å². The number of rotatable bonds is 5. The highest BCUT2D eigenvalue weighted by Gasteiger charge is 2.42. The van der Waals surface area contributed by atoms with Gasteiger partial charge in [-0.15, -0.1) is 0 Å². The van der Waals surface area contributed by atoms with Crippen LogP contribution >= 0.6 is 0 Å². The van der Waals surface area contributed by atoms with Crippen LogP contribution in [0.3, 0.4) is 0 Å². The van der Waals surface area contributed by atoms with Crippen LogP contribution in [0.4, 0.5) is 4.39 Å². The van der Waals surface area contributed by atoms with Gasteiger partial charge in [-0.3, -0.25) is 14.5 Å². The summed E-state index contributed by atoms with van der Waals surface area (Å²) in [5, 5.41) is 7.18. The second kappa shape index (κ2) is 7.71. The molecule has 0 spiro atoms. The molecule has 2 fully saturated rings. The second-order valence-electron chi connectivity index (χ2n) is 7.41. The third-order valence-corrected chi connectivity index (χ3v) is 5.36. The molecule has 0 unspecified atom stereocenters. The van der Waals surface area contributed by atoms with E-state index in [1.54, 1.807) is 27.9 Å². The molecule has 8 heteroatoms. The smallest absolute Gasteiger partial charge is 0.245 e. The molecule has 1 aromatic carbocycles. The first kappa shape index (κ1) is 18.6. The van der Waals surface area contributed by atoms with Crippen molar-refractivity contribution in [1.29, 1.82) is 0 Å². The number of halogens is 1. The zero-order valence-electron chi connectivity index (χ0n) is 15.8. The Morgan fingerprint density at radius 1 is 1.29 bits per heavy atom. The van der Waals surface area contributed by atoms with Gasteiger partial charge in [0.25, 0.3) is 0 Å². The minimum atomic E-state index is -0.437.